The average Bonchev–Trinajstić information content (AvgIpc) is 2.92. The van der Waals surface area contributed by atoms with Crippen molar-refractivity contribution in [3.05, 3.63) is 41.1 Å². The van der Waals surface area contributed by atoms with E-state index >= 15 is 0 Å². The smallest absolute Gasteiger partial charge is 0.360 e. The number of nitrogens with zero attached hydrogens (tertiary/aromatic N) is 1. The fourth-order valence-electron chi connectivity index (χ4n) is 1.90. The molecule has 0 spiro atoms. The van der Waals surface area contributed by atoms with Crippen LogP contribution in [0.3, 0.4) is 0 Å². The maximum absolute atomic E-state index is 11.5. The molecule has 0 unspecified atom stereocenters. The lowest BCUT2D eigenvalue weighted by Crippen LogP contribution is -2.03. The molecule has 0 fully saturated rings. The monoisotopic (exact) mass is 303 g/mol. The summed E-state index contributed by atoms with van der Waals surface area (Å²) in [6.45, 7) is 1.66. The van der Waals surface area contributed by atoms with Crippen molar-refractivity contribution in [1.29, 1.82) is 0 Å². The first kappa shape index (κ1) is 15.6. The first-order valence-corrected chi connectivity index (χ1v) is 6.55. The van der Waals surface area contributed by atoms with Crippen molar-refractivity contribution in [3.8, 4) is 11.5 Å². The summed E-state index contributed by atoms with van der Waals surface area (Å²) in [5.41, 5.74) is 1.06. The Morgan fingerprint density at radius 1 is 1.14 bits per heavy atom. The summed E-state index contributed by atoms with van der Waals surface area (Å²) in [4.78, 5) is 15.6. The van der Waals surface area contributed by atoms with Gasteiger partial charge in [-0.2, -0.15) is 0 Å². The van der Waals surface area contributed by atoms with Gasteiger partial charge < -0.3 is 18.6 Å². The van der Waals surface area contributed by atoms with Crippen LogP contribution >= 0.6 is 0 Å². The van der Waals surface area contributed by atoms with Crippen molar-refractivity contribution in [2.45, 2.75) is 6.92 Å². The molecule has 0 N–H and O–H groups in total. The number of rotatable bonds is 5. The first-order valence-electron chi connectivity index (χ1n) is 6.55. The number of methoxy groups -OCH3 is 3. The van der Waals surface area contributed by atoms with Gasteiger partial charge in [0.25, 0.3) is 0 Å². The van der Waals surface area contributed by atoms with Gasteiger partial charge in [0.15, 0.2) is 17.2 Å². The predicted octanol–water partition coefficient (Wildman–Crippen LogP) is 2.96. The second-order valence-corrected chi connectivity index (χ2v) is 4.40. The van der Waals surface area contributed by atoms with Gasteiger partial charge in [-0.25, -0.2) is 9.78 Å². The normalized spacial score (nSPS) is 10.7. The van der Waals surface area contributed by atoms with E-state index in [1.807, 2.05) is 12.1 Å². The zero-order valence-corrected chi connectivity index (χ0v) is 12.9. The van der Waals surface area contributed by atoms with E-state index in [-0.39, 0.29) is 5.69 Å². The minimum Gasteiger partial charge on any atom is -0.493 e. The van der Waals surface area contributed by atoms with Gasteiger partial charge in [0.05, 0.1) is 21.3 Å². The molecule has 0 radical (unpaired) electrons. The Morgan fingerprint density at radius 3 is 2.50 bits per heavy atom. The second-order valence-electron chi connectivity index (χ2n) is 4.40. The Morgan fingerprint density at radius 2 is 1.86 bits per heavy atom. The zero-order valence-electron chi connectivity index (χ0n) is 12.9. The number of oxazole rings is 1. The van der Waals surface area contributed by atoms with E-state index in [9.17, 15) is 4.79 Å². The number of hydrogen-bond donors (Lipinski definition) is 0. The lowest BCUT2D eigenvalue weighted by Gasteiger charge is -2.07. The standard InChI is InChI=1S/C16H17NO5/c1-10-15(16(18)21-4)17-14(22-10)8-6-11-5-7-12(19-2)13(9-11)20-3/h5-9H,1-4H3/b8-6+. The van der Waals surface area contributed by atoms with Crippen LogP contribution in [-0.2, 0) is 4.74 Å². The molecule has 2 aromatic rings. The summed E-state index contributed by atoms with van der Waals surface area (Å²) in [5, 5.41) is 0. The molecule has 1 heterocycles. The number of carbonyl (C=O) groups excluding carboxylic acids is 1. The summed E-state index contributed by atoms with van der Waals surface area (Å²) in [5.74, 6) is 1.50. The Bertz CT molecular complexity index is 703. The minimum absolute atomic E-state index is 0.175. The van der Waals surface area contributed by atoms with Gasteiger partial charge in [-0.3, -0.25) is 0 Å². The number of benzene rings is 1. The van der Waals surface area contributed by atoms with E-state index in [2.05, 4.69) is 9.72 Å². The largest absolute Gasteiger partial charge is 0.493 e. The van der Waals surface area contributed by atoms with Crippen LogP contribution in [0.15, 0.2) is 22.6 Å². The third-order valence-electron chi connectivity index (χ3n) is 3.02. The molecule has 0 amide bonds. The van der Waals surface area contributed by atoms with Crippen molar-refractivity contribution < 1.29 is 23.4 Å². The fourth-order valence-corrected chi connectivity index (χ4v) is 1.90. The molecule has 116 valence electrons. The van der Waals surface area contributed by atoms with Gasteiger partial charge in [-0.1, -0.05) is 6.07 Å². The topological polar surface area (TPSA) is 70.8 Å². The second kappa shape index (κ2) is 6.80. The SMILES string of the molecule is COC(=O)c1nc(/C=C/c2ccc(OC)c(OC)c2)oc1C. The lowest BCUT2D eigenvalue weighted by molar-refractivity contribution is 0.0593. The maximum Gasteiger partial charge on any atom is 0.360 e. The number of aromatic nitrogens is 1. The van der Waals surface area contributed by atoms with Crippen LogP contribution in [0.5, 0.6) is 11.5 Å². The highest BCUT2D eigenvalue weighted by atomic mass is 16.5. The molecular weight excluding hydrogens is 286 g/mol. The summed E-state index contributed by atoms with van der Waals surface area (Å²) in [7, 11) is 4.46. The third kappa shape index (κ3) is 3.28. The highest BCUT2D eigenvalue weighted by Gasteiger charge is 2.16. The van der Waals surface area contributed by atoms with Crippen molar-refractivity contribution in [2.24, 2.45) is 0 Å². The molecule has 0 saturated heterocycles. The number of carbonyl (C=O) groups is 1. The molecule has 0 aliphatic rings. The van der Waals surface area contributed by atoms with Crippen molar-refractivity contribution >= 4 is 18.1 Å². The number of hydrogen-bond acceptors (Lipinski definition) is 6. The lowest BCUT2D eigenvalue weighted by atomic mass is 10.2. The molecule has 6 heteroatoms. The molecular formula is C16H17NO5. The van der Waals surface area contributed by atoms with Crippen LogP contribution in [0.1, 0.15) is 27.7 Å². The molecule has 0 bridgehead atoms. The summed E-state index contributed by atoms with van der Waals surface area (Å²) in [6.07, 6.45) is 3.47. The average molecular weight is 303 g/mol. The van der Waals surface area contributed by atoms with Gasteiger partial charge in [0.2, 0.25) is 5.89 Å². The molecule has 0 saturated carbocycles. The van der Waals surface area contributed by atoms with Gasteiger partial charge in [-0.15, -0.1) is 0 Å². The third-order valence-corrected chi connectivity index (χ3v) is 3.02. The van der Waals surface area contributed by atoms with Gasteiger partial charge in [0.1, 0.15) is 5.76 Å². The highest BCUT2D eigenvalue weighted by molar-refractivity contribution is 5.88. The minimum atomic E-state index is -0.521. The first-order chi connectivity index (χ1) is 10.6. The van der Waals surface area contributed by atoms with Crippen LogP contribution < -0.4 is 9.47 Å². The molecule has 0 aliphatic carbocycles. The van der Waals surface area contributed by atoms with E-state index in [4.69, 9.17) is 13.9 Å². The van der Waals surface area contributed by atoms with Crippen molar-refractivity contribution in [1.82, 2.24) is 4.98 Å². The molecule has 2 rings (SSSR count). The van der Waals surface area contributed by atoms with Crippen LogP contribution in [0.4, 0.5) is 0 Å². The Kier molecular flexibility index (Phi) is 4.83. The van der Waals surface area contributed by atoms with Crippen LogP contribution in [-0.4, -0.2) is 32.3 Å². The van der Waals surface area contributed by atoms with Crippen LogP contribution in [0.2, 0.25) is 0 Å². The van der Waals surface area contributed by atoms with E-state index in [0.717, 1.165) is 5.56 Å². The molecule has 1 aromatic heterocycles. The van der Waals surface area contributed by atoms with E-state index in [1.165, 1.54) is 7.11 Å². The van der Waals surface area contributed by atoms with Gasteiger partial charge >= 0.3 is 5.97 Å². The molecule has 0 aliphatic heterocycles. The highest BCUT2D eigenvalue weighted by Crippen LogP contribution is 2.28. The Hall–Kier alpha value is -2.76. The molecule has 6 nitrogen and oxygen atoms in total. The summed E-state index contributed by atoms with van der Waals surface area (Å²) < 4.78 is 20.5. The van der Waals surface area contributed by atoms with Crippen molar-refractivity contribution in [2.75, 3.05) is 21.3 Å². The van der Waals surface area contributed by atoms with Crippen LogP contribution in [0.25, 0.3) is 12.2 Å². The molecule has 0 atom stereocenters. The Labute approximate surface area is 128 Å². The molecule has 1 aromatic carbocycles. The number of aryl methyl sites for hydroxylation is 1. The van der Waals surface area contributed by atoms with Crippen molar-refractivity contribution in [3.63, 3.8) is 0 Å². The van der Waals surface area contributed by atoms with E-state index < -0.39 is 5.97 Å². The van der Waals surface area contributed by atoms with E-state index in [1.54, 1.807) is 39.4 Å². The summed E-state index contributed by atoms with van der Waals surface area (Å²) in [6, 6.07) is 5.50. The zero-order chi connectivity index (χ0) is 16.1. The van der Waals surface area contributed by atoms with Crippen LogP contribution in [0, 0.1) is 6.92 Å². The Balaban J connectivity index is 2.23. The quantitative estimate of drug-likeness (QED) is 0.791. The van der Waals surface area contributed by atoms with Gasteiger partial charge in [-0.05, 0) is 30.7 Å². The predicted molar refractivity (Wildman–Crippen MR) is 81.1 cm³/mol. The number of esters is 1. The van der Waals surface area contributed by atoms with E-state index in [0.29, 0.717) is 23.1 Å². The summed E-state index contributed by atoms with van der Waals surface area (Å²) >= 11 is 0. The van der Waals surface area contributed by atoms with Gasteiger partial charge in [0, 0.05) is 6.08 Å². The molecule has 22 heavy (non-hydrogen) atoms. The number of ether oxygens (including phenoxy) is 3. The maximum atomic E-state index is 11.5. The fraction of sp³-hybridized carbons (Fsp3) is 0.250.